The Hall–Kier alpha value is -1.25. The van der Waals surface area contributed by atoms with Crippen LogP contribution in [0, 0.1) is 18.3 Å². The van der Waals surface area contributed by atoms with Gasteiger partial charge in [0.05, 0.1) is 13.2 Å². The fraction of sp³-hybridized carbons (Fsp3) is 0.300. The monoisotopic (exact) mass is 259 g/mol. The normalized spacial score (nSPS) is 10.9. The van der Waals surface area contributed by atoms with Crippen LogP contribution >= 0.6 is 11.6 Å². The van der Waals surface area contributed by atoms with Gasteiger partial charge in [0.15, 0.2) is 9.84 Å². The van der Waals surface area contributed by atoms with Crippen LogP contribution in [0.4, 0.5) is 0 Å². The van der Waals surface area contributed by atoms with Crippen molar-refractivity contribution < 1.29 is 13.2 Å². The molecule has 4 nitrogen and oxygen atoms in total. The highest BCUT2D eigenvalue weighted by atomic mass is 35.5. The number of hydrogen-bond acceptors (Lipinski definition) is 4. The fourth-order valence-electron chi connectivity index (χ4n) is 1.20. The number of nitriles is 1. The van der Waals surface area contributed by atoms with Gasteiger partial charge in [0.1, 0.15) is 16.4 Å². The largest absolute Gasteiger partial charge is 0.495 e. The van der Waals surface area contributed by atoms with E-state index in [0.29, 0.717) is 5.02 Å². The number of halogens is 1. The quantitative estimate of drug-likeness (QED) is 0.832. The maximum absolute atomic E-state index is 11.7. The van der Waals surface area contributed by atoms with E-state index >= 15 is 0 Å². The Kier molecular flexibility index (Phi) is 3.79. The number of hydrogen-bond donors (Lipinski definition) is 0. The highest BCUT2D eigenvalue weighted by molar-refractivity contribution is 7.91. The van der Waals surface area contributed by atoms with Crippen molar-refractivity contribution in [3.8, 4) is 11.8 Å². The number of nitrogens with zero attached hydrogens (tertiary/aromatic N) is 1. The Labute approximate surface area is 99.3 Å². The van der Waals surface area contributed by atoms with Gasteiger partial charge in [-0.25, -0.2) is 8.42 Å². The van der Waals surface area contributed by atoms with Crippen molar-refractivity contribution in [1.82, 2.24) is 0 Å². The number of methoxy groups -OCH3 is 1. The average Bonchev–Trinajstić information content (AvgIpc) is 2.21. The molecule has 0 radical (unpaired) electrons. The SMILES string of the molecule is COc1cc(C)c(Cl)cc1S(=O)(=O)CC#N. The molecule has 6 heteroatoms. The second-order valence-electron chi connectivity index (χ2n) is 3.17. The number of rotatable bonds is 3. The lowest BCUT2D eigenvalue weighted by Gasteiger charge is -2.09. The van der Waals surface area contributed by atoms with Crippen molar-refractivity contribution >= 4 is 21.4 Å². The molecule has 1 aromatic rings. The first-order valence-corrected chi connectivity index (χ1v) is 6.39. The molecule has 1 rings (SSSR count). The van der Waals surface area contributed by atoms with Crippen molar-refractivity contribution in [3.63, 3.8) is 0 Å². The third-order valence-corrected chi connectivity index (χ3v) is 3.94. The Morgan fingerprint density at radius 1 is 1.50 bits per heavy atom. The summed E-state index contributed by atoms with van der Waals surface area (Å²) in [7, 11) is -2.29. The molecule has 0 N–H and O–H groups in total. The van der Waals surface area contributed by atoms with E-state index in [4.69, 9.17) is 21.6 Å². The summed E-state index contributed by atoms with van der Waals surface area (Å²) in [6.45, 7) is 1.74. The number of ether oxygens (including phenoxy) is 1. The van der Waals surface area contributed by atoms with Gasteiger partial charge in [-0.1, -0.05) is 11.6 Å². The van der Waals surface area contributed by atoms with E-state index in [1.807, 2.05) is 0 Å². The van der Waals surface area contributed by atoms with E-state index in [9.17, 15) is 8.42 Å². The molecule has 0 bridgehead atoms. The standard InChI is InChI=1S/C10H10ClNO3S/c1-7-5-9(15-2)10(6-8(7)11)16(13,14)4-3-12/h5-6H,4H2,1-2H3. The summed E-state index contributed by atoms with van der Waals surface area (Å²) in [5.41, 5.74) is 0.717. The fourth-order valence-corrected chi connectivity index (χ4v) is 2.50. The van der Waals surface area contributed by atoms with Crippen LogP contribution < -0.4 is 4.74 Å². The second kappa shape index (κ2) is 4.73. The van der Waals surface area contributed by atoms with Gasteiger partial charge in [-0.15, -0.1) is 0 Å². The second-order valence-corrected chi connectivity index (χ2v) is 5.53. The topological polar surface area (TPSA) is 67.2 Å². The van der Waals surface area contributed by atoms with E-state index in [1.165, 1.54) is 19.2 Å². The Bertz CT molecular complexity index is 546. The van der Waals surface area contributed by atoms with Crippen LogP contribution in [-0.4, -0.2) is 21.3 Å². The molecule has 0 saturated carbocycles. The van der Waals surface area contributed by atoms with E-state index in [1.54, 1.807) is 13.0 Å². The van der Waals surface area contributed by atoms with Crippen molar-refractivity contribution in [2.24, 2.45) is 0 Å². The van der Waals surface area contributed by atoms with Gasteiger partial charge in [-0.2, -0.15) is 5.26 Å². The number of benzene rings is 1. The predicted octanol–water partition coefficient (Wildman–Crippen LogP) is 1.95. The molecule has 16 heavy (non-hydrogen) atoms. The number of sulfone groups is 1. The Balaban J connectivity index is 3.45. The molecule has 0 fully saturated rings. The Morgan fingerprint density at radius 3 is 2.62 bits per heavy atom. The predicted molar refractivity (Wildman–Crippen MR) is 60.4 cm³/mol. The maximum atomic E-state index is 11.7. The van der Waals surface area contributed by atoms with Crippen molar-refractivity contribution in [1.29, 1.82) is 5.26 Å². The molecule has 0 aromatic heterocycles. The van der Waals surface area contributed by atoms with Crippen LogP contribution in [0.15, 0.2) is 17.0 Å². The third-order valence-electron chi connectivity index (χ3n) is 2.03. The van der Waals surface area contributed by atoms with Gasteiger partial charge in [0.25, 0.3) is 0 Å². The smallest absolute Gasteiger partial charge is 0.195 e. The molecule has 0 unspecified atom stereocenters. The molecule has 0 atom stereocenters. The minimum Gasteiger partial charge on any atom is -0.495 e. The minimum absolute atomic E-state index is 0.0489. The molecular formula is C10H10ClNO3S. The molecule has 0 heterocycles. The zero-order chi connectivity index (χ0) is 12.3. The zero-order valence-corrected chi connectivity index (χ0v) is 10.4. The van der Waals surface area contributed by atoms with E-state index < -0.39 is 15.6 Å². The Morgan fingerprint density at radius 2 is 2.12 bits per heavy atom. The summed E-state index contributed by atoms with van der Waals surface area (Å²) in [5.74, 6) is -0.389. The molecule has 86 valence electrons. The average molecular weight is 260 g/mol. The molecule has 1 aromatic carbocycles. The molecule has 0 amide bonds. The summed E-state index contributed by atoms with van der Waals surface area (Å²) in [6.07, 6.45) is 0. The lowest BCUT2D eigenvalue weighted by molar-refractivity contribution is 0.402. The van der Waals surface area contributed by atoms with Crippen molar-refractivity contribution in [2.75, 3.05) is 12.9 Å². The lowest BCUT2D eigenvalue weighted by atomic mass is 10.2. The van der Waals surface area contributed by atoms with Crippen LogP contribution in [0.25, 0.3) is 0 Å². The summed E-state index contributed by atoms with van der Waals surface area (Å²) in [4.78, 5) is -0.0489. The first-order valence-electron chi connectivity index (χ1n) is 4.36. The molecule has 0 spiro atoms. The van der Waals surface area contributed by atoms with Gasteiger partial charge in [0.2, 0.25) is 0 Å². The van der Waals surface area contributed by atoms with Crippen LogP contribution in [0.2, 0.25) is 5.02 Å². The van der Waals surface area contributed by atoms with Crippen LogP contribution in [0.3, 0.4) is 0 Å². The zero-order valence-electron chi connectivity index (χ0n) is 8.82. The van der Waals surface area contributed by atoms with Gasteiger partial charge in [-0.05, 0) is 24.6 Å². The summed E-state index contributed by atoms with van der Waals surface area (Å²) < 4.78 is 28.4. The van der Waals surface area contributed by atoms with Crippen molar-refractivity contribution in [2.45, 2.75) is 11.8 Å². The lowest BCUT2D eigenvalue weighted by Crippen LogP contribution is -2.07. The molecular weight excluding hydrogens is 250 g/mol. The minimum atomic E-state index is -3.66. The van der Waals surface area contributed by atoms with E-state index in [0.717, 1.165) is 5.56 Å². The maximum Gasteiger partial charge on any atom is 0.195 e. The molecule has 0 saturated heterocycles. The third kappa shape index (κ3) is 2.46. The summed E-state index contributed by atoms with van der Waals surface area (Å²) >= 11 is 5.85. The van der Waals surface area contributed by atoms with Crippen LogP contribution in [-0.2, 0) is 9.84 Å². The molecule has 0 aliphatic carbocycles. The summed E-state index contributed by atoms with van der Waals surface area (Å²) in [6, 6.07) is 4.45. The van der Waals surface area contributed by atoms with Gasteiger partial charge in [-0.3, -0.25) is 0 Å². The van der Waals surface area contributed by atoms with Crippen LogP contribution in [0.1, 0.15) is 5.56 Å². The highest BCUT2D eigenvalue weighted by Crippen LogP contribution is 2.30. The number of aryl methyl sites for hydroxylation is 1. The van der Waals surface area contributed by atoms with E-state index in [2.05, 4.69) is 0 Å². The van der Waals surface area contributed by atoms with Crippen molar-refractivity contribution in [3.05, 3.63) is 22.7 Å². The molecule has 0 aliphatic rings. The van der Waals surface area contributed by atoms with Gasteiger partial charge in [0, 0.05) is 5.02 Å². The first kappa shape index (κ1) is 12.8. The van der Waals surface area contributed by atoms with Gasteiger partial charge >= 0.3 is 0 Å². The highest BCUT2D eigenvalue weighted by Gasteiger charge is 2.20. The van der Waals surface area contributed by atoms with Gasteiger partial charge < -0.3 is 4.74 Å². The van der Waals surface area contributed by atoms with Crippen LogP contribution in [0.5, 0.6) is 5.75 Å². The first-order chi connectivity index (χ1) is 7.42. The van der Waals surface area contributed by atoms with E-state index in [-0.39, 0.29) is 10.6 Å². The molecule has 0 aliphatic heterocycles. The summed E-state index contributed by atoms with van der Waals surface area (Å²) in [5, 5.41) is 8.78.